The number of rotatable bonds is 2. The summed E-state index contributed by atoms with van der Waals surface area (Å²) < 4.78 is 5.61. The first-order valence-electron chi connectivity index (χ1n) is 8.89. The van der Waals surface area contributed by atoms with E-state index in [-0.39, 0.29) is 0 Å². The van der Waals surface area contributed by atoms with Crippen LogP contribution in [0.5, 0.6) is 0 Å². The fourth-order valence-electron chi connectivity index (χ4n) is 4.69. The van der Waals surface area contributed by atoms with Crippen molar-refractivity contribution in [3.8, 4) is 0 Å². The maximum atomic E-state index is 5.61. The maximum absolute atomic E-state index is 5.61. The molecule has 2 heterocycles. The Balaban J connectivity index is 1.43. The summed E-state index contributed by atoms with van der Waals surface area (Å²) in [4.78, 5) is 4.75. The minimum Gasteiger partial charge on any atom is -0.338 e. The van der Waals surface area contributed by atoms with Gasteiger partial charge in [0.15, 0.2) is 5.82 Å². The zero-order valence-corrected chi connectivity index (χ0v) is 13.1. The summed E-state index contributed by atoms with van der Waals surface area (Å²) >= 11 is 0. The molecule has 4 heteroatoms. The normalized spacial score (nSPS) is 40.1. The zero-order chi connectivity index (χ0) is 14.2. The van der Waals surface area contributed by atoms with E-state index in [1.165, 1.54) is 51.4 Å². The van der Waals surface area contributed by atoms with E-state index in [1.807, 2.05) is 0 Å². The molecular formula is C17H27N3O. The molecule has 2 saturated carbocycles. The van der Waals surface area contributed by atoms with Gasteiger partial charge in [-0.05, 0) is 56.8 Å². The van der Waals surface area contributed by atoms with Crippen molar-refractivity contribution in [3.05, 3.63) is 11.7 Å². The van der Waals surface area contributed by atoms with E-state index in [2.05, 4.69) is 17.4 Å². The number of hydrogen-bond acceptors (Lipinski definition) is 4. The number of hydrogen-bond donors (Lipinski definition) is 1. The molecule has 0 aromatic carbocycles. The Hall–Kier alpha value is -0.900. The Morgan fingerprint density at radius 3 is 2.81 bits per heavy atom. The fourth-order valence-corrected chi connectivity index (χ4v) is 4.69. The molecule has 3 aliphatic rings. The van der Waals surface area contributed by atoms with Crippen molar-refractivity contribution in [1.82, 2.24) is 15.5 Å². The van der Waals surface area contributed by atoms with E-state index in [4.69, 9.17) is 9.51 Å². The summed E-state index contributed by atoms with van der Waals surface area (Å²) in [6.45, 7) is 2.33. The van der Waals surface area contributed by atoms with Gasteiger partial charge in [-0.3, -0.25) is 0 Å². The van der Waals surface area contributed by atoms with Gasteiger partial charge in [0.1, 0.15) is 0 Å². The fraction of sp³-hybridized carbons (Fsp3) is 0.882. The molecule has 5 atom stereocenters. The molecule has 116 valence electrons. The molecule has 0 bridgehead atoms. The Bertz CT molecular complexity index is 486. The summed E-state index contributed by atoms with van der Waals surface area (Å²) in [5.41, 5.74) is 0. The molecule has 1 aromatic heterocycles. The lowest BCUT2D eigenvalue weighted by molar-refractivity contribution is 0.158. The molecule has 1 saturated heterocycles. The third kappa shape index (κ3) is 2.75. The number of piperidine rings is 1. The van der Waals surface area contributed by atoms with Crippen LogP contribution in [0.15, 0.2) is 4.52 Å². The molecule has 0 radical (unpaired) electrons. The molecule has 21 heavy (non-hydrogen) atoms. The van der Waals surface area contributed by atoms with Gasteiger partial charge in [0.2, 0.25) is 5.89 Å². The highest BCUT2D eigenvalue weighted by Crippen LogP contribution is 2.39. The first-order chi connectivity index (χ1) is 10.3. The number of aromatic nitrogens is 2. The van der Waals surface area contributed by atoms with Crippen molar-refractivity contribution >= 4 is 0 Å². The molecule has 0 amide bonds. The highest BCUT2D eigenvalue weighted by molar-refractivity contribution is 5.03. The summed E-state index contributed by atoms with van der Waals surface area (Å²) in [5.74, 6) is 4.03. The molecule has 0 spiro atoms. The lowest BCUT2D eigenvalue weighted by atomic mass is 9.78. The van der Waals surface area contributed by atoms with E-state index in [9.17, 15) is 0 Å². The van der Waals surface area contributed by atoms with E-state index in [0.717, 1.165) is 30.0 Å². The quantitative estimate of drug-likeness (QED) is 0.895. The summed E-state index contributed by atoms with van der Waals surface area (Å²) in [7, 11) is 0. The molecule has 1 aromatic rings. The summed E-state index contributed by atoms with van der Waals surface area (Å²) in [5, 5.41) is 8.07. The SMILES string of the molecule is CC1CCC(c2noc(C3CCC4CCCCC4N3)n2)C1. The van der Waals surface area contributed by atoms with Gasteiger partial charge < -0.3 is 9.84 Å². The van der Waals surface area contributed by atoms with Crippen LogP contribution in [0.3, 0.4) is 0 Å². The maximum Gasteiger partial charge on any atom is 0.243 e. The van der Waals surface area contributed by atoms with E-state index >= 15 is 0 Å². The average molecular weight is 289 g/mol. The van der Waals surface area contributed by atoms with Crippen molar-refractivity contribution < 1.29 is 4.52 Å². The lowest BCUT2D eigenvalue weighted by Gasteiger charge is -2.39. The predicted molar refractivity (Wildman–Crippen MR) is 80.9 cm³/mol. The number of nitrogens with one attached hydrogen (secondary N) is 1. The second kappa shape index (κ2) is 5.71. The van der Waals surface area contributed by atoms with Crippen molar-refractivity contribution in [2.75, 3.05) is 0 Å². The predicted octanol–water partition coefficient (Wildman–Crippen LogP) is 3.96. The van der Waals surface area contributed by atoms with Crippen LogP contribution in [-0.4, -0.2) is 16.2 Å². The van der Waals surface area contributed by atoms with Crippen molar-refractivity contribution in [3.63, 3.8) is 0 Å². The Morgan fingerprint density at radius 2 is 1.95 bits per heavy atom. The van der Waals surface area contributed by atoms with Crippen LogP contribution < -0.4 is 5.32 Å². The highest BCUT2D eigenvalue weighted by atomic mass is 16.5. The highest BCUT2D eigenvalue weighted by Gasteiger charge is 2.35. The van der Waals surface area contributed by atoms with E-state index < -0.39 is 0 Å². The first kappa shape index (κ1) is 13.7. The Morgan fingerprint density at radius 1 is 1.05 bits per heavy atom. The van der Waals surface area contributed by atoms with E-state index in [0.29, 0.717) is 18.0 Å². The Kier molecular flexibility index (Phi) is 3.74. The molecule has 1 aliphatic heterocycles. The van der Waals surface area contributed by atoms with Gasteiger partial charge in [-0.2, -0.15) is 4.98 Å². The van der Waals surface area contributed by atoms with Gasteiger partial charge in [-0.1, -0.05) is 24.9 Å². The topological polar surface area (TPSA) is 51.0 Å². The van der Waals surface area contributed by atoms with Gasteiger partial charge in [0.25, 0.3) is 0 Å². The monoisotopic (exact) mass is 289 g/mol. The van der Waals surface area contributed by atoms with Gasteiger partial charge in [-0.15, -0.1) is 0 Å². The van der Waals surface area contributed by atoms with Gasteiger partial charge in [-0.25, -0.2) is 0 Å². The van der Waals surface area contributed by atoms with Crippen molar-refractivity contribution in [2.24, 2.45) is 11.8 Å². The summed E-state index contributed by atoms with van der Waals surface area (Å²) in [6.07, 6.45) is 11.7. The van der Waals surface area contributed by atoms with Gasteiger partial charge >= 0.3 is 0 Å². The average Bonchev–Trinajstić information content (AvgIpc) is 3.15. The molecule has 1 N–H and O–H groups in total. The first-order valence-corrected chi connectivity index (χ1v) is 8.89. The summed E-state index contributed by atoms with van der Waals surface area (Å²) in [6, 6.07) is 0.976. The van der Waals surface area contributed by atoms with Crippen LogP contribution in [0.2, 0.25) is 0 Å². The van der Waals surface area contributed by atoms with Crippen LogP contribution in [0.4, 0.5) is 0 Å². The molecular weight excluding hydrogens is 262 g/mol. The third-order valence-corrected chi connectivity index (χ3v) is 5.97. The van der Waals surface area contributed by atoms with E-state index in [1.54, 1.807) is 0 Å². The van der Waals surface area contributed by atoms with Crippen molar-refractivity contribution in [2.45, 2.75) is 82.7 Å². The van der Waals surface area contributed by atoms with Gasteiger partial charge in [0, 0.05) is 12.0 Å². The van der Waals surface area contributed by atoms with Crippen LogP contribution in [0.25, 0.3) is 0 Å². The lowest BCUT2D eigenvalue weighted by Crippen LogP contribution is -2.44. The molecule has 4 rings (SSSR count). The van der Waals surface area contributed by atoms with Crippen LogP contribution in [-0.2, 0) is 0 Å². The minimum atomic E-state index is 0.296. The number of fused-ring (bicyclic) bond motifs is 1. The molecule has 3 fully saturated rings. The second-order valence-electron chi connectivity index (χ2n) is 7.55. The van der Waals surface area contributed by atoms with Crippen LogP contribution in [0.1, 0.15) is 88.4 Å². The molecule has 4 nitrogen and oxygen atoms in total. The Labute approximate surface area is 127 Å². The number of nitrogens with zero attached hydrogens (tertiary/aromatic N) is 2. The standard InChI is InChI=1S/C17H27N3O/c1-11-6-7-13(10-11)16-19-17(21-20-16)15-9-8-12-4-2-3-5-14(12)18-15/h11-15,18H,2-10H2,1H3. The second-order valence-corrected chi connectivity index (χ2v) is 7.55. The van der Waals surface area contributed by atoms with Crippen LogP contribution >= 0.6 is 0 Å². The van der Waals surface area contributed by atoms with Crippen molar-refractivity contribution in [1.29, 1.82) is 0 Å². The van der Waals surface area contributed by atoms with Gasteiger partial charge in [0.05, 0.1) is 6.04 Å². The molecule has 5 unspecified atom stereocenters. The minimum absolute atomic E-state index is 0.296. The zero-order valence-electron chi connectivity index (χ0n) is 13.1. The largest absolute Gasteiger partial charge is 0.338 e. The smallest absolute Gasteiger partial charge is 0.243 e. The molecule has 2 aliphatic carbocycles. The van der Waals surface area contributed by atoms with Crippen LogP contribution in [0, 0.1) is 11.8 Å². The third-order valence-electron chi connectivity index (χ3n) is 5.97.